The Balaban J connectivity index is 0.994. The van der Waals surface area contributed by atoms with Crippen LogP contribution in [0.3, 0.4) is 0 Å². The third kappa shape index (κ3) is 6.23. The van der Waals surface area contributed by atoms with Gasteiger partial charge in [0.1, 0.15) is 0 Å². The maximum Gasteiger partial charge on any atom is 0.0541 e. The molecular formula is C58H46N2S. The predicted molar refractivity (Wildman–Crippen MR) is 261 cm³/mol. The zero-order valence-electron chi connectivity index (χ0n) is 35.2. The van der Waals surface area contributed by atoms with Gasteiger partial charge in [-0.25, -0.2) is 0 Å². The maximum atomic E-state index is 2.44. The van der Waals surface area contributed by atoms with Gasteiger partial charge in [-0.05, 0) is 155 Å². The Kier molecular flexibility index (Phi) is 8.73. The van der Waals surface area contributed by atoms with Gasteiger partial charge >= 0.3 is 0 Å². The Labute approximate surface area is 362 Å². The first kappa shape index (κ1) is 37.1. The van der Waals surface area contributed by atoms with Gasteiger partial charge in [0.15, 0.2) is 0 Å². The molecule has 10 aromatic rings. The minimum Gasteiger partial charge on any atom is -0.310 e. The van der Waals surface area contributed by atoms with Crippen molar-refractivity contribution in [2.75, 3.05) is 4.90 Å². The van der Waals surface area contributed by atoms with Crippen LogP contribution in [0.15, 0.2) is 188 Å². The average molecular weight is 803 g/mol. The van der Waals surface area contributed by atoms with Crippen molar-refractivity contribution in [1.82, 2.24) is 4.57 Å². The minimum absolute atomic E-state index is 0.0969. The van der Waals surface area contributed by atoms with Crippen molar-refractivity contribution >= 4 is 50.2 Å². The molecule has 3 heteroatoms. The predicted octanol–water partition coefficient (Wildman–Crippen LogP) is 16.5. The number of aryl methyl sites for hydroxylation is 3. The largest absolute Gasteiger partial charge is 0.310 e. The summed E-state index contributed by atoms with van der Waals surface area (Å²) in [7, 11) is 0. The van der Waals surface area contributed by atoms with Crippen LogP contribution in [0.25, 0.3) is 71.3 Å². The first-order valence-corrected chi connectivity index (χ1v) is 22.1. The smallest absolute Gasteiger partial charge is 0.0541 e. The quantitative estimate of drug-likeness (QED) is 0.156. The summed E-state index contributed by atoms with van der Waals surface area (Å²) in [5.41, 5.74) is 21.0. The zero-order chi connectivity index (χ0) is 41.4. The topological polar surface area (TPSA) is 8.17 Å². The number of fused-ring (bicyclic) bond motifs is 6. The summed E-state index contributed by atoms with van der Waals surface area (Å²) in [6.07, 6.45) is 0. The second kappa shape index (κ2) is 14.4. The molecular weight excluding hydrogens is 757 g/mol. The summed E-state index contributed by atoms with van der Waals surface area (Å²) in [5.74, 6) is 0. The number of benzene rings is 8. The number of rotatable bonds is 7. The van der Waals surface area contributed by atoms with E-state index in [4.69, 9.17) is 0 Å². The SMILES string of the molecule is Cc1cc(-c2cc(C)c(C)s2)cc(-n2c3ccccc3c3cc(-c4ccc(N(c5ccc(-c6ccccc6)cc5)c5ccc6c(c5)C(C)(C)c5ccccc5-6)cc4)ccc32)c1. The van der Waals surface area contributed by atoms with Crippen molar-refractivity contribution in [1.29, 1.82) is 0 Å². The number of hydrogen-bond donors (Lipinski definition) is 0. The van der Waals surface area contributed by atoms with E-state index in [0.717, 1.165) is 17.1 Å². The van der Waals surface area contributed by atoms with E-state index >= 15 is 0 Å². The summed E-state index contributed by atoms with van der Waals surface area (Å²) in [5, 5.41) is 2.51. The fraction of sp³-hybridized carbons (Fsp3) is 0.103. The molecule has 0 unspecified atom stereocenters. The van der Waals surface area contributed by atoms with E-state index in [1.54, 1.807) is 0 Å². The number of aromatic nitrogens is 1. The molecule has 0 atom stereocenters. The van der Waals surface area contributed by atoms with Crippen LogP contribution in [0, 0.1) is 20.8 Å². The van der Waals surface area contributed by atoms with E-state index in [9.17, 15) is 0 Å². The van der Waals surface area contributed by atoms with Crippen molar-refractivity contribution < 1.29 is 0 Å². The van der Waals surface area contributed by atoms with E-state index in [2.05, 4.69) is 232 Å². The fourth-order valence-electron chi connectivity index (χ4n) is 9.70. The van der Waals surface area contributed by atoms with Crippen LogP contribution in [-0.2, 0) is 5.41 Å². The molecule has 2 aromatic heterocycles. The average Bonchev–Trinajstić information content (AvgIpc) is 3.89. The van der Waals surface area contributed by atoms with Crippen LogP contribution in [-0.4, -0.2) is 4.57 Å². The summed E-state index contributed by atoms with van der Waals surface area (Å²) in [6.45, 7) is 11.3. The summed E-state index contributed by atoms with van der Waals surface area (Å²) in [6, 6.07) is 69.8. The van der Waals surface area contributed by atoms with Crippen LogP contribution in [0.4, 0.5) is 17.1 Å². The van der Waals surface area contributed by atoms with E-state index in [1.165, 1.54) is 98.4 Å². The van der Waals surface area contributed by atoms with Crippen molar-refractivity contribution in [2.45, 2.75) is 40.0 Å². The Morgan fingerprint density at radius 2 is 1.05 bits per heavy atom. The molecule has 294 valence electrons. The molecule has 0 radical (unpaired) electrons. The normalized spacial score (nSPS) is 12.8. The highest BCUT2D eigenvalue weighted by Crippen LogP contribution is 2.51. The summed E-state index contributed by atoms with van der Waals surface area (Å²) < 4.78 is 2.44. The number of nitrogens with zero attached hydrogens (tertiary/aromatic N) is 2. The van der Waals surface area contributed by atoms with Gasteiger partial charge in [0.2, 0.25) is 0 Å². The summed E-state index contributed by atoms with van der Waals surface area (Å²) in [4.78, 5) is 5.10. The molecule has 61 heavy (non-hydrogen) atoms. The second-order valence-electron chi connectivity index (χ2n) is 17.2. The standard InChI is InChI=1S/C58H46N2S/c1-37-31-44(57-33-38(2)39(3)61-57)34-48(32-37)60-55-18-12-10-16-51(55)52-35-43(23-30-56(52)60)42-21-26-46(27-22-42)59(45-24-19-41(20-25-45)40-13-7-6-8-14-40)47-28-29-50-49-15-9-11-17-53(49)58(4,5)54(50)36-47/h6-36H,1-5H3. The maximum absolute atomic E-state index is 2.44. The molecule has 0 saturated carbocycles. The molecule has 8 aromatic carbocycles. The minimum atomic E-state index is -0.0969. The van der Waals surface area contributed by atoms with Crippen LogP contribution in [0.5, 0.6) is 0 Å². The van der Waals surface area contributed by atoms with Crippen LogP contribution >= 0.6 is 11.3 Å². The van der Waals surface area contributed by atoms with Gasteiger partial charge in [-0.3, -0.25) is 0 Å². The molecule has 2 heterocycles. The lowest BCUT2D eigenvalue weighted by molar-refractivity contribution is 0.660. The van der Waals surface area contributed by atoms with Crippen molar-refractivity contribution in [2.24, 2.45) is 0 Å². The van der Waals surface area contributed by atoms with Crippen LogP contribution < -0.4 is 4.90 Å². The van der Waals surface area contributed by atoms with Gasteiger partial charge in [-0.15, -0.1) is 11.3 Å². The number of hydrogen-bond acceptors (Lipinski definition) is 2. The van der Waals surface area contributed by atoms with Gasteiger partial charge in [0, 0.05) is 48.7 Å². The third-order valence-corrected chi connectivity index (χ3v) is 14.2. The lowest BCUT2D eigenvalue weighted by Crippen LogP contribution is -2.16. The number of anilines is 3. The molecule has 0 bridgehead atoms. The van der Waals surface area contributed by atoms with E-state index in [-0.39, 0.29) is 5.41 Å². The highest BCUT2D eigenvalue weighted by Gasteiger charge is 2.35. The van der Waals surface area contributed by atoms with E-state index in [0.29, 0.717) is 0 Å². The van der Waals surface area contributed by atoms with Crippen molar-refractivity contribution in [3.8, 4) is 49.5 Å². The first-order chi connectivity index (χ1) is 29.7. The van der Waals surface area contributed by atoms with Gasteiger partial charge in [-0.2, -0.15) is 0 Å². The fourth-order valence-corrected chi connectivity index (χ4v) is 10.7. The molecule has 1 aliphatic rings. The van der Waals surface area contributed by atoms with Gasteiger partial charge in [0.05, 0.1) is 11.0 Å². The Hall–Kier alpha value is -6.94. The van der Waals surface area contributed by atoms with Crippen molar-refractivity contribution in [3.63, 3.8) is 0 Å². The van der Waals surface area contributed by atoms with Crippen LogP contribution in [0.1, 0.15) is 41.0 Å². The lowest BCUT2D eigenvalue weighted by Gasteiger charge is -2.28. The number of para-hydroxylation sites is 1. The Morgan fingerprint density at radius 1 is 0.443 bits per heavy atom. The molecule has 0 fully saturated rings. The van der Waals surface area contributed by atoms with E-state index < -0.39 is 0 Å². The van der Waals surface area contributed by atoms with E-state index in [1.807, 2.05) is 11.3 Å². The molecule has 11 rings (SSSR count). The molecule has 1 aliphatic carbocycles. The van der Waals surface area contributed by atoms with Crippen LogP contribution in [0.2, 0.25) is 0 Å². The van der Waals surface area contributed by atoms with Gasteiger partial charge < -0.3 is 9.47 Å². The number of thiophene rings is 1. The molecule has 0 spiro atoms. The molecule has 0 amide bonds. The monoisotopic (exact) mass is 802 g/mol. The molecule has 0 saturated heterocycles. The van der Waals surface area contributed by atoms with Gasteiger partial charge in [-0.1, -0.05) is 129 Å². The lowest BCUT2D eigenvalue weighted by atomic mass is 9.82. The van der Waals surface area contributed by atoms with Crippen molar-refractivity contribution in [3.05, 3.63) is 215 Å². The summed E-state index contributed by atoms with van der Waals surface area (Å²) >= 11 is 1.88. The van der Waals surface area contributed by atoms with Gasteiger partial charge in [0.25, 0.3) is 0 Å². The Morgan fingerprint density at radius 3 is 1.79 bits per heavy atom. The molecule has 0 N–H and O–H groups in total. The molecule has 0 aliphatic heterocycles. The first-order valence-electron chi connectivity index (χ1n) is 21.2. The third-order valence-electron chi connectivity index (χ3n) is 13.0. The second-order valence-corrected chi connectivity index (χ2v) is 18.4. The highest BCUT2D eigenvalue weighted by atomic mass is 32.1. The Bertz CT molecular complexity index is 3270. The zero-order valence-corrected chi connectivity index (χ0v) is 36.0. The molecule has 2 nitrogen and oxygen atoms in total. The highest BCUT2D eigenvalue weighted by molar-refractivity contribution is 7.15.